The van der Waals surface area contributed by atoms with Crippen LogP contribution < -0.4 is 4.72 Å². The van der Waals surface area contributed by atoms with E-state index >= 15 is 0 Å². The number of hydrogen-bond donors (Lipinski definition) is 1. The number of rotatable bonds is 5. The van der Waals surface area contributed by atoms with Gasteiger partial charge in [-0.25, -0.2) is 21.6 Å². The van der Waals surface area contributed by atoms with Gasteiger partial charge in [-0.05, 0) is 39.7 Å². The van der Waals surface area contributed by atoms with E-state index in [0.717, 1.165) is 6.42 Å². The van der Waals surface area contributed by atoms with Gasteiger partial charge in [0.15, 0.2) is 0 Å². The molecule has 0 spiro atoms. The highest BCUT2D eigenvalue weighted by atomic mass is 32.2. The lowest BCUT2D eigenvalue weighted by molar-refractivity contribution is 0.302. The maximum absolute atomic E-state index is 12.8. The van der Waals surface area contributed by atoms with Gasteiger partial charge in [0, 0.05) is 19.1 Å². The van der Waals surface area contributed by atoms with Gasteiger partial charge in [-0.1, -0.05) is 12.1 Å². The summed E-state index contributed by atoms with van der Waals surface area (Å²) in [5.41, 5.74) is 0. The minimum absolute atomic E-state index is 0.142. The normalized spacial score (nSPS) is 20.6. The van der Waals surface area contributed by atoms with E-state index in [1.165, 1.54) is 35.6 Å². The Balaban J connectivity index is 2.44. The summed E-state index contributed by atoms with van der Waals surface area (Å²) in [4.78, 5) is 1.58. The van der Waals surface area contributed by atoms with Crippen LogP contribution in [0.3, 0.4) is 0 Å². The van der Waals surface area contributed by atoms with Crippen LogP contribution in [0.2, 0.25) is 0 Å². The number of benzene rings is 1. The Bertz CT molecular complexity index is 744. The zero-order chi connectivity index (χ0) is 16.5. The Kier molecular flexibility index (Phi) is 4.93. The third-order valence-corrected chi connectivity index (χ3v) is 7.41. The summed E-state index contributed by atoms with van der Waals surface area (Å²) in [6.45, 7) is 0.752. The van der Waals surface area contributed by atoms with Gasteiger partial charge in [-0.2, -0.15) is 4.31 Å². The maximum atomic E-state index is 12.8. The van der Waals surface area contributed by atoms with E-state index in [-0.39, 0.29) is 15.8 Å². The first-order valence-electron chi connectivity index (χ1n) is 6.89. The van der Waals surface area contributed by atoms with Crippen molar-refractivity contribution in [3.8, 4) is 0 Å². The second-order valence-corrected chi connectivity index (χ2v) is 9.18. The topological polar surface area (TPSA) is 86.8 Å². The molecule has 1 aromatic carbocycles. The molecule has 0 bridgehead atoms. The molecule has 22 heavy (non-hydrogen) atoms. The largest absolute Gasteiger partial charge is 0.305 e. The Morgan fingerprint density at radius 3 is 2.23 bits per heavy atom. The van der Waals surface area contributed by atoms with Crippen molar-refractivity contribution in [2.75, 3.05) is 34.2 Å². The summed E-state index contributed by atoms with van der Waals surface area (Å²) in [7, 11) is -2.61. The minimum Gasteiger partial charge on any atom is -0.305 e. The highest BCUT2D eigenvalue weighted by Crippen LogP contribution is 2.27. The van der Waals surface area contributed by atoms with Crippen molar-refractivity contribution >= 4 is 20.0 Å². The van der Waals surface area contributed by atoms with E-state index in [1.807, 2.05) is 19.0 Å². The van der Waals surface area contributed by atoms with E-state index in [2.05, 4.69) is 4.72 Å². The highest BCUT2D eigenvalue weighted by Gasteiger charge is 2.36. The zero-order valence-electron chi connectivity index (χ0n) is 12.9. The molecule has 0 aliphatic carbocycles. The molecule has 1 aliphatic rings. The van der Waals surface area contributed by atoms with Crippen molar-refractivity contribution in [3.63, 3.8) is 0 Å². The molecule has 7 nitrogen and oxygen atoms in total. The molecular weight excluding hydrogens is 326 g/mol. The number of sulfonamides is 2. The van der Waals surface area contributed by atoms with Crippen LogP contribution >= 0.6 is 0 Å². The van der Waals surface area contributed by atoms with Gasteiger partial charge in [0.05, 0.1) is 0 Å². The summed E-state index contributed by atoms with van der Waals surface area (Å²) in [5.74, 6) is 0. The predicted octanol–water partition coefficient (Wildman–Crippen LogP) is -0.0807. The molecule has 1 aromatic rings. The highest BCUT2D eigenvalue weighted by molar-refractivity contribution is 7.92. The van der Waals surface area contributed by atoms with Crippen molar-refractivity contribution < 1.29 is 16.8 Å². The lowest BCUT2D eigenvalue weighted by atomic mass is 10.2. The van der Waals surface area contributed by atoms with Crippen LogP contribution in [0, 0.1) is 0 Å². The fraction of sp³-hybridized carbons (Fsp3) is 0.538. The standard InChI is InChI=1S/C13H21N3O4S2/c1-14-21(17,18)12-6-4-5-7-13(12)22(19,20)16-9-8-11(10-16)15(2)3/h4-7,11,14H,8-10H2,1-3H3/t11-/m1/s1. The molecule has 0 aromatic heterocycles. The van der Waals surface area contributed by atoms with Crippen molar-refractivity contribution in [1.82, 2.24) is 13.9 Å². The van der Waals surface area contributed by atoms with Crippen LogP contribution in [-0.2, 0) is 20.0 Å². The van der Waals surface area contributed by atoms with E-state index < -0.39 is 20.0 Å². The summed E-state index contributed by atoms with van der Waals surface area (Å²) in [6, 6.07) is 5.82. The molecule has 1 atom stereocenters. The van der Waals surface area contributed by atoms with Gasteiger partial charge in [0.1, 0.15) is 9.79 Å². The second kappa shape index (κ2) is 6.25. The average molecular weight is 347 g/mol. The Hall–Kier alpha value is -1.00. The van der Waals surface area contributed by atoms with Gasteiger partial charge in [-0.15, -0.1) is 0 Å². The third-order valence-electron chi connectivity index (χ3n) is 3.88. The molecule has 1 saturated heterocycles. The number of hydrogen-bond acceptors (Lipinski definition) is 5. The quantitative estimate of drug-likeness (QED) is 0.805. The summed E-state index contributed by atoms with van der Waals surface area (Å²) in [5, 5.41) is 0. The first kappa shape index (κ1) is 17.4. The Morgan fingerprint density at radius 2 is 1.73 bits per heavy atom. The molecule has 1 heterocycles. The van der Waals surface area contributed by atoms with E-state index in [9.17, 15) is 16.8 Å². The molecule has 0 unspecified atom stereocenters. The van der Waals surface area contributed by atoms with Gasteiger partial charge >= 0.3 is 0 Å². The summed E-state index contributed by atoms with van der Waals surface area (Å²) in [6.07, 6.45) is 0.729. The first-order chi connectivity index (χ1) is 10.2. The molecule has 124 valence electrons. The van der Waals surface area contributed by atoms with Crippen LogP contribution in [-0.4, -0.2) is 66.3 Å². The van der Waals surface area contributed by atoms with Gasteiger partial charge in [0.25, 0.3) is 0 Å². The SMILES string of the molecule is CNS(=O)(=O)c1ccccc1S(=O)(=O)N1CC[C@@H](N(C)C)C1. The smallest absolute Gasteiger partial charge is 0.244 e. The van der Waals surface area contributed by atoms with Gasteiger partial charge in [0.2, 0.25) is 20.0 Å². The first-order valence-corrected chi connectivity index (χ1v) is 9.81. The summed E-state index contributed by atoms with van der Waals surface area (Å²) < 4.78 is 53.2. The number of likely N-dealkylation sites (N-methyl/N-ethyl adjacent to an activating group) is 1. The number of nitrogens with one attached hydrogen (secondary N) is 1. The molecule has 0 radical (unpaired) electrons. The Morgan fingerprint density at radius 1 is 1.14 bits per heavy atom. The predicted molar refractivity (Wildman–Crippen MR) is 83.5 cm³/mol. The third kappa shape index (κ3) is 3.18. The van der Waals surface area contributed by atoms with Gasteiger partial charge in [-0.3, -0.25) is 0 Å². The zero-order valence-corrected chi connectivity index (χ0v) is 14.5. The van der Waals surface area contributed by atoms with Crippen molar-refractivity contribution in [1.29, 1.82) is 0 Å². The second-order valence-electron chi connectivity index (χ2n) is 5.42. The van der Waals surface area contributed by atoms with Crippen molar-refractivity contribution in [3.05, 3.63) is 24.3 Å². The van der Waals surface area contributed by atoms with E-state index in [1.54, 1.807) is 0 Å². The van der Waals surface area contributed by atoms with E-state index in [4.69, 9.17) is 0 Å². The molecule has 1 aliphatic heterocycles. The maximum Gasteiger partial charge on any atom is 0.244 e. The minimum atomic E-state index is -3.84. The van der Waals surface area contributed by atoms with Crippen molar-refractivity contribution in [2.24, 2.45) is 0 Å². The van der Waals surface area contributed by atoms with E-state index in [0.29, 0.717) is 13.1 Å². The number of nitrogens with zero attached hydrogens (tertiary/aromatic N) is 2. The van der Waals surface area contributed by atoms with Crippen LogP contribution in [0.15, 0.2) is 34.1 Å². The molecule has 9 heteroatoms. The van der Waals surface area contributed by atoms with Crippen LogP contribution in [0.25, 0.3) is 0 Å². The molecule has 1 N–H and O–H groups in total. The fourth-order valence-corrected chi connectivity index (χ4v) is 5.51. The monoisotopic (exact) mass is 347 g/mol. The fourth-order valence-electron chi connectivity index (χ4n) is 2.48. The lowest BCUT2D eigenvalue weighted by Crippen LogP contribution is -2.35. The molecule has 0 saturated carbocycles. The van der Waals surface area contributed by atoms with Gasteiger partial charge < -0.3 is 4.90 Å². The lowest BCUT2D eigenvalue weighted by Gasteiger charge is -2.21. The van der Waals surface area contributed by atoms with Crippen LogP contribution in [0.5, 0.6) is 0 Å². The molecule has 1 fully saturated rings. The molecule has 2 rings (SSSR count). The average Bonchev–Trinajstić information content (AvgIpc) is 2.98. The van der Waals surface area contributed by atoms with Crippen molar-refractivity contribution in [2.45, 2.75) is 22.3 Å². The summed E-state index contributed by atoms with van der Waals surface area (Å²) >= 11 is 0. The molecule has 0 amide bonds. The van der Waals surface area contributed by atoms with Crippen LogP contribution in [0.1, 0.15) is 6.42 Å². The Labute approximate surface area is 132 Å². The molecular formula is C13H21N3O4S2. The van der Waals surface area contributed by atoms with Crippen LogP contribution in [0.4, 0.5) is 0 Å².